The van der Waals surface area contributed by atoms with Gasteiger partial charge in [-0.3, -0.25) is 14.4 Å². The first-order valence-corrected chi connectivity index (χ1v) is 14.8. The van der Waals surface area contributed by atoms with E-state index >= 15 is 0 Å². The summed E-state index contributed by atoms with van der Waals surface area (Å²) in [5.41, 5.74) is 4.37. The van der Waals surface area contributed by atoms with Crippen LogP contribution in [0.25, 0.3) is 17.4 Å². The first-order valence-electron chi connectivity index (χ1n) is 14.8. The molecule has 0 saturated carbocycles. The number of aryl methyl sites for hydroxylation is 1. The molecule has 0 saturated heterocycles. The van der Waals surface area contributed by atoms with Crippen LogP contribution in [0.5, 0.6) is 5.75 Å². The van der Waals surface area contributed by atoms with Crippen molar-refractivity contribution in [2.45, 2.75) is 26.7 Å². The molecule has 45 heavy (non-hydrogen) atoms. The quantitative estimate of drug-likeness (QED) is 0.112. The molecule has 0 aliphatic carbocycles. The Morgan fingerprint density at radius 1 is 0.822 bits per heavy atom. The zero-order valence-corrected chi connectivity index (χ0v) is 25.2. The minimum Gasteiger partial charge on any atom is -0.494 e. The Labute approximate surface area is 262 Å². The molecule has 7 nitrogen and oxygen atoms in total. The number of amides is 2. The fourth-order valence-electron chi connectivity index (χ4n) is 4.62. The standard InChI is InChI=1S/C38H34N2O5/c1-3-23-44-31-16-13-28(14-17-31)35-21-18-32(45-35)19-22-36(41)39-30-15-20-34(33(25-30)38(43)29-7-5-4-6-8-29)40-37(42)24-27-11-9-26(2)10-12-27/h4-22,25H,3,23-24H2,1-2H3,(H,39,41)(H,40,42)/b22-19+. The molecule has 0 bridgehead atoms. The molecule has 2 amide bonds. The third-order valence-corrected chi connectivity index (χ3v) is 6.96. The Morgan fingerprint density at radius 3 is 2.31 bits per heavy atom. The van der Waals surface area contributed by atoms with Crippen LogP contribution < -0.4 is 15.4 Å². The van der Waals surface area contributed by atoms with E-state index in [1.807, 2.05) is 67.6 Å². The van der Waals surface area contributed by atoms with Gasteiger partial charge in [0, 0.05) is 28.5 Å². The van der Waals surface area contributed by atoms with Crippen molar-refractivity contribution in [1.29, 1.82) is 0 Å². The Bertz CT molecular complexity index is 1800. The third-order valence-electron chi connectivity index (χ3n) is 6.96. The lowest BCUT2D eigenvalue weighted by Crippen LogP contribution is -2.18. The van der Waals surface area contributed by atoms with Gasteiger partial charge in [-0.2, -0.15) is 0 Å². The van der Waals surface area contributed by atoms with Gasteiger partial charge in [-0.1, -0.05) is 67.1 Å². The highest BCUT2D eigenvalue weighted by Crippen LogP contribution is 2.26. The predicted octanol–water partition coefficient (Wildman–Crippen LogP) is 8.11. The molecule has 226 valence electrons. The highest BCUT2D eigenvalue weighted by atomic mass is 16.5. The largest absolute Gasteiger partial charge is 0.494 e. The van der Waals surface area contributed by atoms with Crippen molar-refractivity contribution in [1.82, 2.24) is 0 Å². The zero-order chi connectivity index (χ0) is 31.6. The Balaban J connectivity index is 1.28. The second-order valence-electron chi connectivity index (χ2n) is 10.6. The molecule has 2 N–H and O–H groups in total. The van der Waals surface area contributed by atoms with E-state index in [2.05, 4.69) is 17.6 Å². The second-order valence-corrected chi connectivity index (χ2v) is 10.6. The summed E-state index contributed by atoms with van der Waals surface area (Å²) in [7, 11) is 0. The fraction of sp³-hybridized carbons (Fsp3) is 0.132. The minimum atomic E-state index is -0.403. The average molecular weight is 599 g/mol. The van der Waals surface area contributed by atoms with Gasteiger partial charge in [0.2, 0.25) is 11.8 Å². The highest BCUT2D eigenvalue weighted by molar-refractivity contribution is 6.15. The van der Waals surface area contributed by atoms with Crippen LogP contribution in [0.15, 0.2) is 120 Å². The molecule has 0 spiro atoms. The molecule has 0 unspecified atom stereocenters. The van der Waals surface area contributed by atoms with Gasteiger partial charge >= 0.3 is 0 Å². The average Bonchev–Trinajstić information content (AvgIpc) is 3.54. The number of furan rings is 1. The molecular formula is C38H34N2O5. The Hall–Kier alpha value is -5.69. The van der Waals surface area contributed by atoms with E-state index in [0.29, 0.717) is 35.1 Å². The van der Waals surface area contributed by atoms with Crippen LogP contribution >= 0.6 is 0 Å². The first-order chi connectivity index (χ1) is 21.9. The van der Waals surface area contributed by atoms with E-state index in [0.717, 1.165) is 28.9 Å². The summed E-state index contributed by atoms with van der Waals surface area (Å²) in [6, 6.07) is 32.6. The summed E-state index contributed by atoms with van der Waals surface area (Å²) in [6.07, 6.45) is 4.04. The molecule has 0 fully saturated rings. The summed E-state index contributed by atoms with van der Waals surface area (Å²) < 4.78 is 11.5. The lowest BCUT2D eigenvalue weighted by molar-refractivity contribution is -0.115. The maximum absolute atomic E-state index is 13.5. The van der Waals surface area contributed by atoms with Gasteiger partial charge in [0.15, 0.2) is 5.78 Å². The lowest BCUT2D eigenvalue weighted by Gasteiger charge is -2.13. The molecule has 4 aromatic carbocycles. The van der Waals surface area contributed by atoms with Crippen molar-refractivity contribution in [3.8, 4) is 17.1 Å². The summed E-state index contributed by atoms with van der Waals surface area (Å²) in [4.78, 5) is 39.2. The predicted molar refractivity (Wildman–Crippen MR) is 177 cm³/mol. The number of hydrogen-bond donors (Lipinski definition) is 2. The van der Waals surface area contributed by atoms with Crippen molar-refractivity contribution < 1.29 is 23.5 Å². The van der Waals surface area contributed by atoms with Crippen LogP contribution in [0.3, 0.4) is 0 Å². The van der Waals surface area contributed by atoms with Crippen LogP contribution in [0.1, 0.15) is 46.2 Å². The molecule has 0 radical (unpaired) electrons. The van der Waals surface area contributed by atoms with Crippen LogP contribution in [0, 0.1) is 6.92 Å². The van der Waals surface area contributed by atoms with Gasteiger partial charge in [-0.05, 0) is 79.6 Å². The van der Waals surface area contributed by atoms with Gasteiger partial charge in [0.1, 0.15) is 17.3 Å². The smallest absolute Gasteiger partial charge is 0.248 e. The summed E-state index contributed by atoms with van der Waals surface area (Å²) in [5, 5.41) is 5.67. The SMILES string of the molecule is CCCOc1ccc(-c2ccc(/C=C/C(=O)Nc3ccc(NC(=O)Cc4ccc(C)cc4)c(C(=O)c4ccccc4)c3)o2)cc1. The zero-order valence-electron chi connectivity index (χ0n) is 25.2. The number of nitrogens with one attached hydrogen (secondary N) is 2. The summed E-state index contributed by atoms with van der Waals surface area (Å²) >= 11 is 0. The maximum atomic E-state index is 13.5. The number of anilines is 2. The molecule has 0 atom stereocenters. The van der Waals surface area contributed by atoms with Gasteiger partial charge < -0.3 is 19.8 Å². The Morgan fingerprint density at radius 2 is 1.58 bits per heavy atom. The first kappa shape index (κ1) is 30.8. The van der Waals surface area contributed by atoms with E-state index in [4.69, 9.17) is 9.15 Å². The normalized spacial score (nSPS) is 10.9. The topological polar surface area (TPSA) is 97.6 Å². The van der Waals surface area contributed by atoms with Crippen LogP contribution in [-0.4, -0.2) is 24.2 Å². The Kier molecular flexibility index (Phi) is 10.0. The van der Waals surface area contributed by atoms with Gasteiger partial charge in [-0.15, -0.1) is 0 Å². The number of rotatable bonds is 12. The van der Waals surface area contributed by atoms with Gasteiger partial charge in [-0.25, -0.2) is 0 Å². The third kappa shape index (κ3) is 8.45. The van der Waals surface area contributed by atoms with Crippen molar-refractivity contribution in [3.05, 3.63) is 143 Å². The molecule has 5 aromatic rings. The fourth-order valence-corrected chi connectivity index (χ4v) is 4.62. The van der Waals surface area contributed by atoms with E-state index in [1.165, 1.54) is 6.08 Å². The van der Waals surface area contributed by atoms with E-state index in [-0.39, 0.29) is 23.7 Å². The number of ketones is 1. The maximum Gasteiger partial charge on any atom is 0.248 e. The van der Waals surface area contributed by atoms with Crippen molar-refractivity contribution in [2.75, 3.05) is 17.2 Å². The van der Waals surface area contributed by atoms with Crippen molar-refractivity contribution >= 4 is 35.0 Å². The molecule has 1 heterocycles. The van der Waals surface area contributed by atoms with Crippen LogP contribution in [0.4, 0.5) is 11.4 Å². The van der Waals surface area contributed by atoms with E-state index in [1.54, 1.807) is 54.6 Å². The molecular weight excluding hydrogens is 564 g/mol. The minimum absolute atomic E-state index is 0.162. The number of hydrogen-bond acceptors (Lipinski definition) is 5. The second kappa shape index (κ2) is 14.7. The molecule has 0 aliphatic heterocycles. The van der Waals surface area contributed by atoms with E-state index in [9.17, 15) is 14.4 Å². The monoisotopic (exact) mass is 598 g/mol. The summed E-state index contributed by atoms with van der Waals surface area (Å²) in [6.45, 7) is 4.71. The lowest BCUT2D eigenvalue weighted by atomic mass is 10.0. The number of carbonyl (C=O) groups is 3. The van der Waals surface area contributed by atoms with Crippen molar-refractivity contribution in [3.63, 3.8) is 0 Å². The molecule has 5 rings (SSSR count). The van der Waals surface area contributed by atoms with Crippen molar-refractivity contribution in [2.24, 2.45) is 0 Å². The van der Waals surface area contributed by atoms with Crippen LogP contribution in [-0.2, 0) is 16.0 Å². The molecule has 1 aromatic heterocycles. The number of carbonyl (C=O) groups excluding carboxylic acids is 3. The highest BCUT2D eigenvalue weighted by Gasteiger charge is 2.17. The van der Waals surface area contributed by atoms with Crippen LogP contribution in [0.2, 0.25) is 0 Å². The molecule has 0 aliphatic rings. The molecule has 7 heteroatoms. The number of benzene rings is 4. The van der Waals surface area contributed by atoms with Gasteiger partial charge in [0.25, 0.3) is 0 Å². The van der Waals surface area contributed by atoms with Gasteiger partial charge in [0.05, 0.1) is 18.7 Å². The van der Waals surface area contributed by atoms with E-state index < -0.39 is 5.91 Å². The number of ether oxygens (including phenoxy) is 1. The summed E-state index contributed by atoms with van der Waals surface area (Å²) in [5.74, 6) is 1.05.